The highest BCUT2D eigenvalue weighted by Gasteiger charge is 2.60. The maximum Gasteiger partial charge on any atom is 0.255 e. The number of amides is 1. The zero-order valence-corrected chi connectivity index (χ0v) is 20.9. The van der Waals surface area contributed by atoms with Gasteiger partial charge in [0.05, 0.1) is 5.56 Å². The lowest BCUT2D eigenvalue weighted by molar-refractivity contribution is -0.147. The molecule has 0 heterocycles. The van der Waals surface area contributed by atoms with Crippen molar-refractivity contribution in [2.45, 2.75) is 24.9 Å². The van der Waals surface area contributed by atoms with E-state index < -0.39 is 52.0 Å². The van der Waals surface area contributed by atoms with Crippen LogP contribution >= 0.6 is 0 Å². The summed E-state index contributed by atoms with van der Waals surface area (Å²) in [6, 6.07) is 11.2. The number of aliphatic hydroxyl groups is 3. The molecule has 2 aromatic carbocycles. The van der Waals surface area contributed by atoms with Crippen LogP contribution in [0.25, 0.3) is 17.9 Å². The fourth-order valence-corrected chi connectivity index (χ4v) is 5.97. The molecule has 6 N–H and O–H groups in total. The Kier molecular flexibility index (Phi) is 5.91. The molecule has 0 radical (unpaired) electrons. The molecule has 9 nitrogen and oxygen atoms in total. The summed E-state index contributed by atoms with van der Waals surface area (Å²) in [6.07, 6.45) is 3.50. The number of anilines is 1. The Morgan fingerprint density at radius 1 is 1.08 bits per heavy atom. The van der Waals surface area contributed by atoms with Crippen molar-refractivity contribution < 1.29 is 34.8 Å². The first-order chi connectivity index (χ1) is 18.0. The molecule has 38 heavy (non-hydrogen) atoms. The highest BCUT2D eigenvalue weighted by molar-refractivity contribution is 6.22. The number of hydrogen-bond acceptors (Lipinski definition) is 8. The zero-order chi connectivity index (χ0) is 27.5. The van der Waals surface area contributed by atoms with E-state index in [2.05, 4.69) is 0 Å². The number of ketones is 2. The molecule has 0 aliphatic heterocycles. The Bertz CT molecular complexity index is 1490. The van der Waals surface area contributed by atoms with Crippen molar-refractivity contribution in [1.82, 2.24) is 0 Å². The van der Waals surface area contributed by atoms with E-state index in [0.29, 0.717) is 11.1 Å². The molecule has 196 valence electrons. The molecule has 3 aliphatic rings. The van der Waals surface area contributed by atoms with E-state index in [9.17, 15) is 34.8 Å². The number of benzene rings is 2. The number of Topliss-reactive ketones (excluding diaryl/α,β-unsaturated/α-hetero) is 2. The van der Waals surface area contributed by atoms with Crippen LogP contribution in [-0.4, -0.2) is 57.6 Å². The minimum absolute atomic E-state index is 0.0658. The Morgan fingerprint density at radius 2 is 1.76 bits per heavy atom. The third kappa shape index (κ3) is 3.61. The lowest BCUT2D eigenvalue weighted by Crippen LogP contribution is -2.58. The average Bonchev–Trinajstić information content (AvgIpc) is 2.86. The van der Waals surface area contributed by atoms with Crippen molar-refractivity contribution in [3.05, 3.63) is 75.6 Å². The van der Waals surface area contributed by atoms with Crippen LogP contribution in [-0.2, 0) is 20.8 Å². The summed E-state index contributed by atoms with van der Waals surface area (Å²) in [5, 5.41) is 44.8. The van der Waals surface area contributed by atoms with Crippen LogP contribution in [0.15, 0.2) is 53.3 Å². The van der Waals surface area contributed by atoms with Gasteiger partial charge in [0.25, 0.3) is 5.91 Å². The highest BCUT2D eigenvalue weighted by Crippen LogP contribution is 2.53. The van der Waals surface area contributed by atoms with Crippen LogP contribution in [0.5, 0.6) is 5.75 Å². The molecule has 1 amide bonds. The molecule has 2 aromatic rings. The molecule has 1 fully saturated rings. The number of primary amides is 1. The lowest BCUT2D eigenvalue weighted by atomic mass is 9.59. The highest BCUT2D eigenvalue weighted by atomic mass is 16.3. The van der Waals surface area contributed by atoms with Crippen molar-refractivity contribution in [3.63, 3.8) is 0 Å². The van der Waals surface area contributed by atoms with Gasteiger partial charge in [-0.2, -0.15) is 0 Å². The largest absolute Gasteiger partial charge is 0.508 e. The average molecular weight is 517 g/mol. The van der Waals surface area contributed by atoms with E-state index in [0.717, 1.165) is 11.3 Å². The van der Waals surface area contributed by atoms with E-state index in [1.165, 1.54) is 0 Å². The third-order valence-corrected chi connectivity index (χ3v) is 7.81. The molecule has 3 atom stereocenters. The van der Waals surface area contributed by atoms with Gasteiger partial charge in [0.15, 0.2) is 11.4 Å². The van der Waals surface area contributed by atoms with Crippen LogP contribution in [0.4, 0.5) is 5.69 Å². The number of carbonyl (C=O) groups excluding carboxylic acids is 3. The number of phenols is 1. The van der Waals surface area contributed by atoms with Crippen molar-refractivity contribution in [2.75, 3.05) is 19.0 Å². The number of phenolic OH excluding ortho intramolecular Hbond substituents is 1. The quantitative estimate of drug-likeness (QED) is 0.306. The Labute approximate surface area is 218 Å². The van der Waals surface area contributed by atoms with Gasteiger partial charge in [0.2, 0.25) is 5.78 Å². The number of aliphatic hydroxyl groups excluding tert-OH is 2. The molecule has 1 saturated carbocycles. The van der Waals surface area contributed by atoms with Crippen molar-refractivity contribution in [3.8, 4) is 5.75 Å². The van der Waals surface area contributed by atoms with Crippen LogP contribution in [0, 0.1) is 11.8 Å². The number of rotatable bonds is 4. The van der Waals surface area contributed by atoms with E-state index in [1.807, 2.05) is 55.4 Å². The maximum absolute atomic E-state index is 13.7. The SMILES string of the molecule is CN(C)c1cc(/C=C/c2ccccc2)c(O)c2c1CC1CC3CC(=O)C(C(N)=O)=C(O)C3(O)C(=O)C1=C2O. The molecule has 0 bridgehead atoms. The molecule has 0 aromatic heterocycles. The second-order valence-electron chi connectivity index (χ2n) is 10.2. The van der Waals surface area contributed by atoms with E-state index in [-0.39, 0.29) is 36.1 Å². The summed E-state index contributed by atoms with van der Waals surface area (Å²) in [7, 11) is 3.65. The van der Waals surface area contributed by atoms with E-state index >= 15 is 0 Å². The first-order valence-electron chi connectivity index (χ1n) is 12.2. The van der Waals surface area contributed by atoms with Gasteiger partial charge in [-0.05, 0) is 36.0 Å². The van der Waals surface area contributed by atoms with Crippen molar-refractivity contribution in [2.24, 2.45) is 17.6 Å². The number of nitrogens with zero attached hydrogens (tertiary/aromatic N) is 1. The second-order valence-corrected chi connectivity index (χ2v) is 10.2. The van der Waals surface area contributed by atoms with Crippen LogP contribution in [0.3, 0.4) is 0 Å². The summed E-state index contributed by atoms with van der Waals surface area (Å²) >= 11 is 0. The molecule has 0 saturated heterocycles. The molecule has 5 rings (SSSR count). The van der Waals surface area contributed by atoms with E-state index in [1.54, 1.807) is 12.1 Å². The fraction of sp³-hybridized carbons (Fsp3) is 0.276. The lowest BCUT2D eigenvalue weighted by Gasteiger charge is -2.46. The standard InChI is InChI=1S/C29H28N2O7/c1-31(2)19-12-15(9-8-14-6-4-3-5-7-14)24(33)22-18(19)11-16-10-17-13-20(32)23(28(30)37)27(36)29(17,38)26(35)21(16)25(22)34/h3-9,12,16-17,33-34,36,38H,10-11,13H2,1-2H3,(H2,30,37)/b9-8+. The number of carbonyl (C=O) groups is 3. The van der Waals surface area contributed by atoms with Gasteiger partial charge in [-0.15, -0.1) is 0 Å². The molecule has 3 unspecified atom stereocenters. The fourth-order valence-electron chi connectivity index (χ4n) is 5.97. The smallest absolute Gasteiger partial charge is 0.255 e. The topological polar surface area (TPSA) is 161 Å². The van der Waals surface area contributed by atoms with Gasteiger partial charge in [-0.1, -0.05) is 42.5 Å². The van der Waals surface area contributed by atoms with Gasteiger partial charge < -0.3 is 31.1 Å². The Balaban J connectivity index is 1.69. The van der Waals surface area contributed by atoms with E-state index in [4.69, 9.17) is 5.73 Å². The Hall–Kier alpha value is -4.37. The van der Waals surface area contributed by atoms with Crippen molar-refractivity contribution in [1.29, 1.82) is 0 Å². The Morgan fingerprint density at radius 3 is 2.39 bits per heavy atom. The first kappa shape index (κ1) is 25.3. The summed E-state index contributed by atoms with van der Waals surface area (Å²) < 4.78 is 0. The second kappa shape index (κ2) is 8.88. The first-order valence-corrected chi connectivity index (χ1v) is 12.2. The van der Waals surface area contributed by atoms with Gasteiger partial charge in [0.1, 0.15) is 22.8 Å². The number of aromatic hydroxyl groups is 1. The minimum atomic E-state index is -2.58. The summed E-state index contributed by atoms with van der Waals surface area (Å²) in [6.45, 7) is 0. The summed E-state index contributed by atoms with van der Waals surface area (Å²) in [4.78, 5) is 39.9. The van der Waals surface area contributed by atoms with Gasteiger partial charge >= 0.3 is 0 Å². The maximum atomic E-state index is 13.7. The normalized spacial score (nSPS) is 24.8. The minimum Gasteiger partial charge on any atom is -0.508 e. The molecular weight excluding hydrogens is 488 g/mol. The predicted octanol–water partition coefficient (Wildman–Crippen LogP) is 2.66. The third-order valence-electron chi connectivity index (χ3n) is 7.81. The molecule has 3 aliphatic carbocycles. The molecule has 0 spiro atoms. The summed E-state index contributed by atoms with van der Waals surface area (Å²) in [5.41, 5.74) is 4.40. The summed E-state index contributed by atoms with van der Waals surface area (Å²) in [5.74, 6) is -6.41. The van der Waals surface area contributed by atoms with Gasteiger partial charge in [-0.25, -0.2) is 0 Å². The van der Waals surface area contributed by atoms with Gasteiger partial charge in [-0.3, -0.25) is 14.4 Å². The van der Waals surface area contributed by atoms with Crippen LogP contribution in [0.1, 0.15) is 35.1 Å². The zero-order valence-electron chi connectivity index (χ0n) is 20.9. The van der Waals surface area contributed by atoms with Crippen molar-refractivity contribution >= 4 is 41.1 Å². The number of hydrogen-bond donors (Lipinski definition) is 5. The molecular formula is C29H28N2O7. The van der Waals surface area contributed by atoms with Crippen LogP contribution < -0.4 is 10.6 Å². The predicted molar refractivity (Wildman–Crippen MR) is 141 cm³/mol. The monoisotopic (exact) mass is 516 g/mol. The number of nitrogens with two attached hydrogens (primary N) is 1. The van der Waals surface area contributed by atoms with Gasteiger partial charge in [0, 0.05) is 43.3 Å². The number of fused-ring (bicyclic) bond motifs is 3. The van der Waals surface area contributed by atoms with Crippen LogP contribution in [0.2, 0.25) is 0 Å². The molecule has 9 heteroatoms.